The van der Waals surface area contributed by atoms with Gasteiger partial charge in [-0.15, -0.1) is 0 Å². The summed E-state index contributed by atoms with van der Waals surface area (Å²) >= 11 is 1.25. The van der Waals surface area contributed by atoms with Gasteiger partial charge in [-0.1, -0.05) is 67.1 Å². The summed E-state index contributed by atoms with van der Waals surface area (Å²) in [6.45, 7) is 4.16. The van der Waals surface area contributed by atoms with E-state index in [0.29, 0.717) is 61.0 Å². The Kier molecular flexibility index (Phi) is 9.80. The number of benzene rings is 3. The normalized spacial score (nSPS) is 14.3. The molecule has 5 rings (SSSR count). The highest BCUT2D eigenvalue weighted by Gasteiger charge is 2.35. The number of rotatable bonds is 11. The minimum Gasteiger partial charge on any atom is -0.496 e. The molecule has 0 spiro atoms. The molecule has 10 heteroatoms. The lowest BCUT2D eigenvalue weighted by Crippen LogP contribution is -2.40. The topological polar surface area (TPSA) is 112 Å². The van der Waals surface area contributed by atoms with Crippen molar-refractivity contribution in [1.29, 1.82) is 5.26 Å². The maximum absolute atomic E-state index is 14.1. The van der Waals surface area contributed by atoms with Crippen LogP contribution in [-0.2, 0) is 16.1 Å². The zero-order valence-corrected chi connectivity index (χ0v) is 26.3. The number of carbonyl (C=O) groups is 1. The second-order valence-electron chi connectivity index (χ2n) is 10.1. The molecule has 0 amide bonds. The van der Waals surface area contributed by atoms with E-state index in [1.54, 1.807) is 50.0 Å². The molecule has 230 valence electrons. The van der Waals surface area contributed by atoms with Crippen molar-refractivity contribution in [3.8, 4) is 23.3 Å². The Balaban J connectivity index is 1.60. The smallest absolute Gasteiger partial charge is 0.338 e. The summed E-state index contributed by atoms with van der Waals surface area (Å²) in [5, 5.41) is 9.39. The number of carbonyl (C=O) groups excluding carboxylic acids is 1. The molecular weight excluding hydrogens is 590 g/mol. The van der Waals surface area contributed by atoms with Crippen molar-refractivity contribution < 1.29 is 23.7 Å². The van der Waals surface area contributed by atoms with Gasteiger partial charge in [-0.05, 0) is 49.2 Å². The molecule has 4 aromatic rings. The third-order valence-electron chi connectivity index (χ3n) is 7.33. The zero-order chi connectivity index (χ0) is 31.9. The van der Waals surface area contributed by atoms with Crippen molar-refractivity contribution in [2.75, 3.05) is 20.8 Å². The lowest BCUT2D eigenvalue weighted by Gasteiger charge is -2.26. The molecule has 2 heterocycles. The van der Waals surface area contributed by atoms with Gasteiger partial charge in [-0.3, -0.25) is 9.36 Å². The third kappa shape index (κ3) is 6.40. The van der Waals surface area contributed by atoms with Crippen LogP contribution in [0.4, 0.5) is 0 Å². The first-order valence-electron chi connectivity index (χ1n) is 14.6. The molecule has 1 aliphatic heterocycles. The van der Waals surface area contributed by atoms with Crippen LogP contribution < -0.4 is 29.1 Å². The van der Waals surface area contributed by atoms with Crippen LogP contribution in [0.25, 0.3) is 6.08 Å². The SMILES string of the molecule is CCCC1=C(C(=O)OCC)[C@@H](c2ccccc2OC)n2c(s/c(=C/c3ccc(OCc4ccccc4C#N)c(OC)c3)c2=O)=N1. The van der Waals surface area contributed by atoms with Gasteiger partial charge >= 0.3 is 5.97 Å². The maximum atomic E-state index is 14.1. The Morgan fingerprint density at radius 1 is 1.02 bits per heavy atom. The van der Waals surface area contributed by atoms with Crippen molar-refractivity contribution in [3.63, 3.8) is 0 Å². The van der Waals surface area contributed by atoms with E-state index in [-0.39, 0.29) is 18.8 Å². The number of aromatic nitrogens is 1. The first kappa shape index (κ1) is 31.3. The molecule has 0 aliphatic carbocycles. The van der Waals surface area contributed by atoms with E-state index in [2.05, 4.69) is 6.07 Å². The summed E-state index contributed by atoms with van der Waals surface area (Å²) in [5.74, 6) is 1.03. The fraction of sp³-hybridized carbons (Fsp3) is 0.257. The average Bonchev–Trinajstić information content (AvgIpc) is 3.37. The standard InChI is InChI=1S/C35H33N3O6S/c1-5-11-26-31(34(40)43-6-2)32(25-14-9-10-15-27(25)41-3)38-33(39)30(45-35(38)37-26)19-22-16-17-28(29(18-22)42-4)44-21-24-13-8-7-12-23(24)20-36/h7-10,12-19,32H,5-6,11,21H2,1-4H3/b30-19+/t32-/m1/s1. The molecule has 1 aromatic heterocycles. The van der Waals surface area contributed by atoms with Crippen LogP contribution in [0.2, 0.25) is 0 Å². The van der Waals surface area contributed by atoms with Gasteiger partial charge in [0.1, 0.15) is 18.4 Å². The first-order chi connectivity index (χ1) is 21.9. The number of ether oxygens (including phenoxy) is 4. The van der Waals surface area contributed by atoms with Crippen LogP contribution >= 0.6 is 11.3 Å². The Morgan fingerprint density at radius 2 is 1.78 bits per heavy atom. The summed E-state index contributed by atoms with van der Waals surface area (Å²) in [4.78, 5) is 32.9. The second-order valence-corrected chi connectivity index (χ2v) is 11.1. The van der Waals surface area contributed by atoms with Crippen LogP contribution in [0.3, 0.4) is 0 Å². The second kappa shape index (κ2) is 14.1. The fourth-order valence-corrected chi connectivity index (χ4v) is 6.28. The quantitative estimate of drug-likeness (QED) is 0.215. The van der Waals surface area contributed by atoms with Gasteiger partial charge in [0.15, 0.2) is 16.3 Å². The molecule has 0 radical (unpaired) electrons. The molecule has 9 nitrogen and oxygen atoms in total. The molecule has 0 bridgehead atoms. The van der Waals surface area contributed by atoms with E-state index in [4.69, 9.17) is 23.9 Å². The molecule has 0 unspecified atom stereocenters. The van der Waals surface area contributed by atoms with E-state index in [9.17, 15) is 14.9 Å². The van der Waals surface area contributed by atoms with Crippen LogP contribution in [0.1, 0.15) is 55.0 Å². The minimum atomic E-state index is -0.776. The maximum Gasteiger partial charge on any atom is 0.338 e. The van der Waals surface area contributed by atoms with E-state index in [0.717, 1.165) is 12.0 Å². The molecule has 1 atom stereocenters. The lowest BCUT2D eigenvalue weighted by atomic mass is 9.93. The van der Waals surface area contributed by atoms with Crippen LogP contribution in [0.5, 0.6) is 17.2 Å². The van der Waals surface area contributed by atoms with Gasteiger partial charge in [0, 0.05) is 11.1 Å². The van der Waals surface area contributed by atoms with Crippen molar-refractivity contribution in [1.82, 2.24) is 4.57 Å². The largest absolute Gasteiger partial charge is 0.496 e. The number of nitriles is 1. The number of allylic oxidation sites excluding steroid dienone is 1. The summed E-state index contributed by atoms with van der Waals surface area (Å²) < 4.78 is 24.7. The third-order valence-corrected chi connectivity index (χ3v) is 8.32. The molecule has 1 aliphatic rings. The first-order valence-corrected chi connectivity index (χ1v) is 15.4. The highest BCUT2D eigenvalue weighted by atomic mass is 32.1. The van der Waals surface area contributed by atoms with Gasteiger partial charge in [-0.25, -0.2) is 9.79 Å². The summed E-state index contributed by atoms with van der Waals surface area (Å²) in [7, 11) is 3.11. The Morgan fingerprint density at radius 3 is 2.51 bits per heavy atom. The Hall–Kier alpha value is -5.14. The lowest BCUT2D eigenvalue weighted by molar-refractivity contribution is -0.139. The van der Waals surface area contributed by atoms with Gasteiger partial charge in [-0.2, -0.15) is 5.26 Å². The number of thiazole rings is 1. The molecule has 0 N–H and O–H groups in total. The van der Waals surface area contributed by atoms with E-state index >= 15 is 0 Å². The van der Waals surface area contributed by atoms with Crippen LogP contribution in [0.15, 0.2) is 87.8 Å². The molecule has 0 fully saturated rings. The number of fused-ring (bicyclic) bond motifs is 1. The van der Waals surface area contributed by atoms with E-state index in [1.165, 1.54) is 11.3 Å². The van der Waals surface area contributed by atoms with Crippen LogP contribution in [0, 0.1) is 11.3 Å². The summed E-state index contributed by atoms with van der Waals surface area (Å²) in [6.07, 6.45) is 3.07. The van der Waals surface area contributed by atoms with Gasteiger partial charge in [0.2, 0.25) is 0 Å². The fourth-order valence-electron chi connectivity index (χ4n) is 5.26. The van der Waals surface area contributed by atoms with Gasteiger partial charge in [0.05, 0.1) is 48.3 Å². The number of hydrogen-bond acceptors (Lipinski definition) is 9. The average molecular weight is 624 g/mol. The van der Waals surface area contributed by atoms with E-state index in [1.807, 2.05) is 55.5 Å². The molecule has 0 saturated carbocycles. The predicted molar refractivity (Wildman–Crippen MR) is 171 cm³/mol. The Labute approximate surface area is 264 Å². The predicted octanol–water partition coefficient (Wildman–Crippen LogP) is 5.05. The molecule has 3 aromatic carbocycles. The number of nitrogens with zero attached hydrogens (tertiary/aromatic N) is 3. The zero-order valence-electron chi connectivity index (χ0n) is 25.5. The van der Waals surface area contributed by atoms with Gasteiger partial charge < -0.3 is 18.9 Å². The minimum absolute atomic E-state index is 0.192. The number of methoxy groups -OCH3 is 2. The van der Waals surface area contributed by atoms with Crippen LogP contribution in [-0.4, -0.2) is 31.4 Å². The van der Waals surface area contributed by atoms with Crippen molar-refractivity contribution in [2.24, 2.45) is 4.99 Å². The molecule has 45 heavy (non-hydrogen) atoms. The summed E-state index contributed by atoms with van der Waals surface area (Å²) in [6, 6.07) is 21.4. The van der Waals surface area contributed by atoms with Crippen molar-refractivity contribution in [2.45, 2.75) is 39.3 Å². The van der Waals surface area contributed by atoms with Crippen molar-refractivity contribution in [3.05, 3.63) is 120 Å². The van der Waals surface area contributed by atoms with E-state index < -0.39 is 12.0 Å². The molecule has 0 saturated heterocycles. The monoisotopic (exact) mass is 623 g/mol. The highest BCUT2D eigenvalue weighted by molar-refractivity contribution is 7.07. The highest BCUT2D eigenvalue weighted by Crippen LogP contribution is 2.37. The number of esters is 1. The molecular formula is C35H33N3O6S. The number of para-hydroxylation sites is 1. The summed E-state index contributed by atoms with van der Waals surface area (Å²) in [5.41, 5.74) is 3.34. The number of hydrogen-bond donors (Lipinski definition) is 0. The van der Waals surface area contributed by atoms with Gasteiger partial charge in [0.25, 0.3) is 5.56 Å². The Bertz CT molecular complexity index is 1990. The van der Waals surface area contributed by atoms with Crippen molar-refractivity contribution >= 4 is 23.4 Å².